The standard InChI is InChI=1S/C17H24O4/c1-11-8-12(2)13(3)15(9-11)21-10-17(20)6-4-14(5-7-17)16(18)19/h8-9,14,20H,4-7,10H2,1-3H3,(H,18,19). The molecule has 0 saturated heterocycles. The minimum Gasteiger partial charge on any atom is -0.490 e. The third kappa shape index (κ3) is 3.76. The number of carbonyl (C=O) groups is 1. The van der Waals surface area contributed by atoms with Gasteiger partial charge < -0.3 is 14.9 Å². The molecule has 0 heterocycles. The molecule has 0 amide bonds. The highest BCUT2D eigenvalue weighted by molar-refractivity contribution is 5.70. The Balaban J connectivity index is 1.99. The Hall–Kier alpha value is -1.55. The number of hydrogen-bond acceptors (Lipinski definition) is 3. The van der Waals surface area contributed by atoms with Crippen molar-refractivity contribution in [2.24, 2.45) is 5.92 Å². The number of hydrogen-bond donors (Lipinski definition) is 2. The van der Waals surface area contributed by atoms with Gasteiger partial charge in [0.15, 0.2) is 0 Å². The van der Waals surface area contributed by atoms with E-state index in [4.69, 9.17) is 9.84 Å². The van der Waals surface area contributed by atoms with Gasteiger partial charge in [0.25, 0.3) is 0 Å². The van der Waals surface area contributed by atoms with Gasteiger partial charge in [-0.15, -0.1) is 0 Å². The lowest BCUT2D eigenvalue weighted by molar-refractivity contribution is -0.145. The van der Waals surface area contributed by atoms with E-state index in [1.807, 2.05) is 26.8 Å². The van der Waals surface area contributed by atoms with E-state index >= 15 is 0 Å². The quantitative estimate of drug-likeness (QED) is 0.895. The molecule has 1 aliphatic carbocycles. The SMILES string of the molecule is Cc1cc(C)c(C)c(OCC2(O)CCC(C(=O)O)CC2)c1. The minimum absolute atomic E-state index is 0.225. The van der Waals surface area contributed by atoms with Crippen LogP contribution in [0.15, 0.2) is 12.1 Å². The second-order valence-corrected chi connectivity index (χ2v) is 6.33. The van der Waals surface area contributed by atoms with Gasteiger partial charge in [0.1, 0.15) is 12.4 Å². The zero-order chi connectivity index (χ0) is 15.6. The topological polar surface area (TPSA) is 66.8 Å². The van der Waals surface area contributed by atoms with Crippen LogP contribution in [0.4, 0.5) is 0 Å². The molecular weight excluding hydrogens is 268 g/mol. The third-order valence-corrected chi connectivity index (χ3v) is 4.53. The van der Waals surface area contributed by atoms with Gasteiger partial charge in [0, 0.05) is 0 Å². The molecule has 0 unspecified atom stereocenters. The second kappa shape index (κ2) is 6.06. The van der Waals surface area contributed by atoms with E-state index in [0.717, 1.165) is 16.9 Å². The van der Waals surface area contributed by atoms with Crippen molar-refractivity contribution in [3.8, 4) is 5.75 Å². The molecular formula is C17H24O4. The molecule has 0 spiro atoms. The van der Waals surface area contributed by atoms with Crippen molar-refractivity contribution in [3.05, 3.63) is 28.8 Å². The number of benzene rings is 1. The molecule has 2 rings (SSSR count). The van der Waals surface area contributed by atoms with Gasteiger partial charge in [-0.05, 0) is 69.2 Å². The number of carboxylic acid groups (broad SMARTS) is 1. The Morgan fingerprint density at radius 1 is 1.29 bits per heavy atom. The molecule has 0 radical (unpaired) electrons. The molecule has 1 fully saturated rings. The van der Waals surface area contributed by atoms with Crippen LogP contribution in [-0.4, -0.2) is 28.4 Å². The molecule has 1 saturated carbocycles. The van der Waals surface area contributed by atoms with Crippen LogP contribution < -0.4 is 4.74 Å². The van der Waals surface area contributed by atoms with E-state index < -0.39 is 11.6 Å². The Bertz CT molecular complexity index is 528. The third-order valence-electron chi connectivity index (χ3n) is 4.53. The van der Waals surface area contributed by atoms with Crippen LogP contribution in [0.3, 0.4) is 0 Å². The zero-order valence-corrected chi connectivity index (χ0v) is 13.0. The van der Waals surface area contributed by atoms with E-state index in [0.29, 0.717) is 25.7 Å². The highest BCUT2D eigenvalue weighted by atomic mass is 16.5. The zero-order valence-electron chi connectivity index (χ0n) is 13.0. The summed E-state index contributed by atoms with van der Waals surface area (Å²) in [5.41, 5.74) is 2.49. The monoisotopic (exact) mass is 292 g/mol. The summed E-state index contributed by atoms with van der Waals surface area (Å²) in [6.07, 6.45) is 1.99. The van der Waals surface area contributed by atoms with Crippen LogP contribution >= 0.6 is 0 Å². The maximum absolute atomic E-state index is 11.0. The number of carboxylic acids is 1. The first-order valence-electron chi connectivity index (χ1n) is 7.46. The molecule has 116 valence electrons. The van der Waals surface area contributed by atoms with Gasteiger partial charge in [0.05, 0.1) is 11.5 Å². The summed E-state index contributed by atoms with van der Waals surface area (Å²) in [7, 11) is 0. The van der Waals surface area contributed by atoms with Crippen molar-refractivity contribution in [3.63, 3.8) is 0 Å². The Morgan fingerprint density at radius 3 is 2.48 bits per heavy atom. The molecule has 0 atom stereocenters. The summed E-state index contributed by atoms with van der Waals surface area (Å²) in [5.74, 6) is -0.280. The minimum atomic E-state index is -0.907. The normalized spacial score (nSPS) is 25.6. The van der Waals surface area contributed by atoms with Crippen LogP contribution in [0.25, 0.3) is 0 Å². The highest BCUT2D eigenvalue weighted by Gasteiger charge is 2.36. The Labute approximate surface area is 125 Å². The van der Waals surface area contributed by atoms with E-state index in [1.54, 1.807) is 0 Å². The first-order valence-corrected chi connectivity index (χ1v) is 7.46. The molecule has 0 aliphatic heterocycles. The van der Waals surface area contributed by atoms with Gasteiger partial charge in [-0.3, -0.25) is 4.79 Å². The lowest BCUT2D eigenvalue weighted by Gasteiger charge is -2.34. The van der Waals surface area contributed by atoms with Crippen molar-refractivity contribution in [2.45, 2.75) is 52.1 Å². The van der Waals surface area contributed by atoms with Crippen LogP contribution in [0.1, 0.15) is 42.4 Å². The number of rotatable bonds is 4. The first kappa shape index (κ1) is 15.8. The highest BCUT2D eigenvalue weighted by Crippen LogP contribution is 2.33. The molecule has 1 aromatic carbocycles. The molecule has 2 N–H and O–H groups in total. The van der Waals surface area contributed by atoms with Gasteiger partial charge in [-0.2, -0.15) is 0 Å². The lowest BCUT2D eigenvalue weighted by Crippen LogP contribution is -2.41. The second-order valence-electron chi connectivity index (χ2n) is 6.33. The Morgan fingerprint density at radius 2 is 1.90 bits per heavy atom. The predicted molar refractivity (Wildman–Crippen MR) is 80.7 cm³/mol. The van der Waals surface area contributed by atoms with Crippen LogP contribution in [0.5, 0.6) is 5.75 Å². The van der Waals surface area contributed by atoms with Crippen LogP contribution in [0, 0.1) is 26.7 Å². The van der Waals surface area contributed by atoms with Gasteiger partial charge in [0.2, 0.25) is 0 Å². The summed E-state index contributed by atoms with van der Waals surface area (Å²) in [6.45, 7) is 6.30. The number of aliphatic hydroxyl groups is 1. The molecule has 4 nitrogen and oxygen atoms in total. The summed E-state index contributed by atoms with van der Waals surface area (Å²) >= 11 is 0. The maximum Gasteiger partial charge on any atom is 0.306 e. The Kier molecular flexibility index (Phi) is 4.57. The molecule has 0 aromatic heterocycles. The van der Waals surface area contributed by atoms with E-state index in [9.17, 15) is 9.90 Å². The number of aliphatic carboxylic acids is 1. The summed E-state index contributed by atoms with van der Waals surface area (Å²) < 4.78 is 5.84. The van der Waals surface area contributed by atoms with Gasteiger partial charge in [-0.25, -0.2) is 0 Å². The van der Waals surface area contributed by atoms with E-state index in [2.05, 4.69) is 6.07 Å². The molecule has 1 aliphatic rings. The molecule has 1 aromatic rings. The first-order chi connectivity index (χ1) is 9.81. The van der Waals surface area contributed by atoms with Crippen molar-refractivity contribution < 1.29 is 19.7 Å². The molecule has 0 bridgehead atoms. The van der Waals surface area contributed by atoms with Crippen molar-refractivity contribution in [2.75, 3.05) is 6.61 Å². The van der Waals surface area contributed by atoms with Gasteiger partial charge >= 0.3 is 5.97 Å². The van der Waals surface area contributed by atoms with Gasteiger partial charge in [-0.1, -0.05) is 6.07 Å². The summed E-state index contributed by atoms with van der Waals surface area (Å²) in [6, 6.07) is 4.09. The molecule has 21 heavy (non-hydrogen) atoms. The largest absolute Gasteiger partial charge is 0.490 e. The van der Waals surface area contributed by atoms with Crippen LogP contribution in [-0.2, 0) is 4.79 Å². The fourth-order valence-electron chi connectivity index (χ4n) is 2.91. The van der Waals surface area contributed by atoms with Crippen molar-refractivity contribution >= 4 is 5.97 Å². The summed E-state index contributed by atoms with van der Waals surface area (Å²) in [4.78, 5) is 11.0. The lowest BCUT2D eigenvalue weighted by atomic mass is 9.79. The van der Waals surface area contributed by atoms with E-state index in [1.165, 1.54) is 5.56 Å². The van der Waals surface area contributed by atoms with E-state index in [-0.39, 0.29) is 12.5 Å². The number of aryl methyl sites for hydroxylation is 2. The predicted octanol–water partition coefficient (Wildman–Crippen LogP) is 3.00. The van der Waals surface area contributed by atoms with Crippen LogP contribution in [0.2, 0.25) is 0 Å². The fourth-order valence-corrected chi connectivity index (χ4v) is 2.91. The van der Waals surface area contributed by atoms with Crippen molar-refractivity contribution in [1.82, 2.24) is 0 Å². The average Bonchev–Trinajstić information content (AvgIpc) is 2.42. The smallest absolute Gasteiger partial charge is 0.306 e. The number of ether oxygens (including phenoxy) is 1. The average molecular weight is 292 g/mol. The maximum atomic E-state index is 11.0. The summed E-state index contributed by atoms with van der Waals surface area (Å²) in [5, 5.41) is 19.5. The molecule has 4 heteroatoms. The van der Waals surface area contributed by atoms with Crippen molar-refractivity contribution in [1.29, 1.82) is 0 Å². The fraction of sp³-hybridized carbons (Fsp3) is 0.588.